The summed E-state index contributed by atoms with van der Waals surface area (Å²) >= 11 is 0. The van der Waals surface area contributed by atoms with Gasteiger partial charge in [0, 0.05) is 30.1 Å². The second-order valence-corrected chi connectivity index (χ2v) is 4.11. The van der Waals surface area contributed by atoms with E-state index in [0.29, 0.717) is 12.4 Å². The molecule has 0 aliphatic heterocycles. The maximum absolute atomic E-state index is 13.2. The molecule has 0 saturated heterocycles. The van der Waals surface area contributed by atoms with Crippen LogP contribution >= 0.6 is 0 Å². The summed E-state index contributed by atoms with van der Waals surface area (Å²) in [6.45, 7) is 2.21. The molecule has 0 saturated carbocycles. The lowest BCUT2D eigenvalue weighted by Crippen LogP contribution is -2.08. The molecule has 18 heavy (non-hydrogen) atoms. The summed E-state index contributed by atoms with van der Waals surface area (Å²) in [6.07, 6.45) is 3.38. The summed E-state index contributed by atoms with van der Waals surface area (Å²) in [7, 11) is 0. The van der Waals surface area contributed by atoms with Crippen molar-refractivity contribution in [3.8, 4) is 5.75 Å². The molecule has 0 amide bonds. The van der Waals surface area contributed by atoms with Gasteiger partial charge in [0.1, 0.15) is 18.2 Å². The molecular formula is C14H15FN2O. The second kappa shape index (κ2) is 5.60. The molecule has 1 atom stereocenters. The average Bonchev–Trinajstić information content (AvgIpc) is 2.37. The van der Waals surface area contributed by atoms with Gasteiger partial charge in [0.15, 0.2) is 0 Å². The number of ether oxygens (including phenoxy) is 1. The third kappa shape index (κ3) is 3.05. The van der Waals surface area contributed by atoms with E-state index in [0.717, 1.165) is 11.1 Å². The van der Waals surface area contributed by atoms with Gasteiger partial charge in [0.2, 0.25) is 0 Å². The number of nitrogens with zero attached hydrogens (tertiary/aromatic N) is 1. The highest BCUT2D eigenvalue weighted by molar-refractivity contribution is 5.36. The molecule has 2 rings (SSSR count). The Morgan fingerprint density at radius 3 is 2.67 bits per heavy atom. The molecule has 0 aliphatic carbocycles. The monoisotopic (exact) mass is 246 g/mol. The highest BCUT2D eigenvalue weighted by Gasteiger charge is 2.09. The molecular weight excluding hydrogens is 231 g/mol. The lowest BCUT2D eigenvalue weighted by Gasteiger charge is -2.14. The molecule has 0 radical (unpaired) electrons. The fourth-order valence-corrected chi connectivity index (χ4v) is 1.65. The molecule has 0 spiro atoms. The van der Waals surface area contributed by atoms with Crippen LogP contribution in [-0.4, -0.2) is 4.98 Å². The number of benzene rings is 1. The Labute approximate surface area is 105 Å². The van der Waals surface area contributed by atoms with E-state index < -0.39 is 0 Å². The molecule has 1 heterocycles. The van der Waals surface area contributed by atoms with E-state index in [4.69, 9.17) is 10.5 Å². The van der Waals surface area contributed by atoms with Crippen molar-refractivity contribution in [1.82, 2.24) is 4.98 Å². The fraction of sp³-hybridized carbons (Fsp3) is 0.214. The van der Waals surface area contributed by atoms with E-state index >= 15 is 0 Å². The zero-order valence-corrected chi connectivity index (χ0v) is 10.1. The molecule has 94 valence electrons. The van der Waals surface area contributed by atoms with Crippen molar-refractivity contribution in [1.29, 1.82) is 0 Å². The van der Waals surface area contributed by atoms with Crippen LogP contribution in [0.5, 0.6) is 5.75 Å². The van der Waals surface area contributed by atoms with E-state index in [1.807, 2.05) is 19.1 Å². The third-order valence-corrected chi connectivity index (χ3v) is 2.61. The van der Waals surface area contributed by atoms with E-state index in [9.17, 15) is 4.39 Å². The molecule has 0 bridgehead atoms. The van der Waals surface area contributed by atoms with Crippen LogP contribution in [0.2, 0.25) is 0 Å². The van der Waals surface area contributed by atoms with E-state index in [1.165, 1.54) is 12.1 Å². The number of rotatable bonds is 4. The minimum absolute atomic E-state index is 0.196. The summed E-state index contributed by atoms with van der Waals surface area (Å²) in [5, 5.41) is 0. The smallest absolute Gasteiger partial charge is 0.127 e. The van der Waals surface area contributed by atoms with Crippen LogP contribution < -0.4 is 10.5 Å². The second-order valence-electron chi connectivity index (χ2n) is 4.11. The number of aromatic nitrogens is 1. The molecule has 2 aromatic rings. The summed E-state index contributed by atoms with van der Waals surface area (Å²) in [4.78, 5) is 3.92. The van der Waals surface area contributed by atoms with Crippen molar-refractivity contribution in [2.75, 3.05) is 0 Å². The Bertz CT molecular complexity index is 514. The maximum Gasteiger partial charge on any atom is 0.127 e. The van der Waals surface area contributed by atoms with Crippen molar-refractivity contribution in [3.05, 3.63) is 59.7 Å². The van der Waals surface area contributed by atoms with E-state index in [1.54, 1.807) is 18.5 Å². The molecule has 1 unspecified atom stereocenters. The largest absolute Gasteiger partial charge is 0.488 e. The van der Waals surface area contributed by atoms with Crippen molar-refractivity contribution in [3.63, 3.8) is 0 Å². The fourth-order valence-electron chi connectivity index (χ4n) is 1.65. The topological polar surface area (TPSA) is 48.1 Å². The van der Waals surface area contributed by atoms with E-state index in [-0.39, 0.29) is 11.9 Å². The molecule has 3 nitrogen and oxygen atoms in total. The first-order chi connectivity index (χ1) is 8.66. The predicted octanol–water partition coefficient (Wildman–Crippen LogP) is 2.82. The van der Waals surface area contributed by atoms with Gasteiger partial charge in [0.25, 0.3) is 0 Å². The average molecular weight is 246 g/mol. The number of pyridine rings is 1. The van der Waals surface area contributed by atoms with Gasteiger partial charge in [-0.25, -0.2) is 4.39 Å². The normalized spacial score (nSPS) is 12.2. The summed E-state index contributed by atoms with van der Waals surface area (Å²) in [5.41, 5.74) is 7.59. The summed E-state index contributed by atoms with van der Waals surface area (Å²) < 4.78 is 18.8. The lowest BCUT2D eigenvalue weighted by molar-refractivity contribution is 0.299. The minimum Gasteiger partial charge on any atom is -0.488 e. The quantitative estimate of drug-likeness (QED) is 0.902. The molecule has 1 aromatic carbocycles. The van der Waals surface area contributed by atoms with Gasteiger partial charge in [-0.3, -0.25) is 4.98 Å². The predicted molar refractivity (Wildman–Crippen MR) is 67.6 cm³/mol. The van der Waals surface area contributed by atoms with Gasteiger partial charge in [-0.15, -0.1) is 0 Å². The van der Waals surface area contributed by atoms with E-state index in [2.05, 4.69) is 4.98 Å². The Morgan fingerprint density at radius 2 is 2.00 bits per heavy atom. The van der Waals surface area contributed by atoms with Crippen molar-refractivity contribution < 1.29 is 9.13 Å². The Hall–Kier alpha value is -1.94. The number of nitrogens with two attached hydrogens (primary N) is 1. The maximum atomic E-state index is 13.2. The molecule has 2 N–H and O–H groups in total. The van der Waals surface area contributed by atoms with Gasteiger partial charge in [-0.05, 0) is 30.7 Å². The Kier molecular flexibility index (Phi) is 3.89. The lowest BCUT2D eigenvalue weighted by atomic mass is 10.1. The first kappa shape index (κ1) is 12.5. The highest BCUT2D eigenvalue weighted by atomic mass is 19.1. The minimum atomic E-state index is -0.330. The number of halogens is 1. The van der Waals surface area contributed by atoms with Crippen molar-refractivity contribution in [2.45, 2.75) is 19.6 Å². The zero-order chi connectivity index (χ0) is 13.0. The van der Waals surface area contributed by atoms with Crippen LogP contribution in [0, 0.1) is 5.82 Å². The third-order valence-electron chi connectivity index (χ3n) is 2.61. The standard InChI is InChI=1S/C14H15FN2O/c1-10(16)13-3-2-12(15)8-14(13)18-9-11-4-6-17-7-5-11/h2-8,10H,9,16H2,1H3. The molecule has 4 heteroatoms. The SMILES string of the molecule is CC(N)c1ccc(F)cc1OCc1ccncc1. The molecule has 0 fully saturated rings. The van der Waals surface area contributed by atoms with Crippen LogP contribution in [-0.2, 0) is 6.61 Å². The summed E-state index contributed by atoms with van der Waals surface area (Å²) in [5.74, 6) is 0.158. The van der Waals surface area contributed by atoms with Crippen LogP contribution in [0.15, 0.2) is 42.7 Å². The highest BCUT2D eigenvalue weighted by Crippen LogP contribution is 2.25. The van der Waals surface area contributed by atoms with Gasteiger partial charge in [-0.1, -0.05) is 6.07 Å². The Balaban J connectivity index is 2.15. The van der Waals surface area contributed by atoms with Crippen molar-refractivity contribution in [2.24, 2.45) is 5.73 Å². The van der Waals surface area contributed by atoms with Crippen LogP contribution in [0.4, 0.5) is 4.39 Å². The van der Waals surface area contributed by atoms with Crippen LogP contribution in [0.1, 0.15) is 24.1 Å². The van der Waals surface area contributed by atoms with Gasteiger partial charge in [0.05, 0.1) is 0 Å². The first-order valence-electron chi connectivity index (χ1n) is 5.73. The number of hydrogen-bond acceptors (Lipinski definition) is 3. The molecule has 1 aromatic heterocycles. The van der Waals surface area contributed by atoms with Crippen molar-refractivity contribution >= 4 is 0 Å². The van der Waals surface area contributed by atoms with Gasteiger partial charge in [-0.2, -0.15) is 0 Å². The summed E-state index contributed by atoms with van der Waals surface area (Å²) in [6, 6.07) is 7.91. The first-order valence-corrected chi connectivity index (χ1v) is 5.73. The van der Waals surface area contributed by atoms with Gasteiger partial charge < -0.3 is 10.5 Å². The van der Waals surface area contributed by atoms with Gasteiger partial charge >= 0.3 is 0 Å². The molecule has 0 aliphatic rings. The number of hydrogen-bond donors (Lipinski definition) is 1. The van der Waals surface area contributed by atoms with Crippen LogP contribution in [0.3, 0.4) is 0 Å². The Morgan fingerprint density at radius 1 is 1.28 bits per heavy atom. The zero-order valence-electron chi connectivity index (χ0n) is 10.1. The van der Waals surface area contributed by atoms with Crippen LogP contribution in [0.25, 0.3) is 0 Å².